The maximum atomic E-state index is 12.6. The van der Waals surface area contributed by atoms with Crippen LogP contribution in [0.4, 0.5) is 5.13 Å². The highest BCUT2D eigenvalue weighted by atomic mass is 35.5. The topological polar surface area (TPSA) is 102 Å². The third-order valence-corrected chi connectivity index (χ3v) is 5.53. The molecule has 0 fully saturated rings. The van der Waals surface area contributed by atoms with Gasteiger partial charge < -0.3 is 14.8 Å². The fraction of sp³-hybridized carbons (Fsp3) is 0.273. The average Bonchev–Trinajstić information content (AvgIpc) is 3.22. The molecule has 32 heavy (non-hydrogen) atoms. The number of anilines is 1. The lowest BCUT2D eigenvalue weighted by Gasteiger charge is -2.24. The first kappa shape index (κ1) is 23.5. The van der Waals surface area contributed by atoms with E-state index in [0.29, 0.717) is 45.2 Å². The van der Waals surface area contributed by atoms with Crippen molar-refractivity contribution in [2.45, 2.75) is 25.9 Å². The van der Waals surface area contributed by atoms with E-state index in [2.05, 4.69) is 20.8 Å². The van der Waals surface area contributed by atoms with Crippen molar-refractivity contribution in [2.24, 2.45) is 0 Å². The summed E-state index contributed by atoms with van der Waals surface area (Å²) in [5.74, 6) is 0.578. The van der Waals surface area contributed by atoms with Gasteiger partial charge in [0.15, 0.2) is 5.60 Å². The minimum atomic E-state index is -1.13. The summed E-state index contributed by atoms with van der Waals surface area (Å²) in [6.07, 6.45) is 0.480. The third kappa shape index (κ3) is 6.41. The number of aromatic nitrogens is 2. The number of ether oxygens (including phenoxy) is 2. The Morgan fingerprint density at radius 3 is 2.56 bits per heavy atom. The largest absolute Gasteiger partial charge is 0.497 e. The molecule has 1 heterocycles. The molecule has 168 valence electrons. The van der Waals surface area contributed by atoms with Crippen molar-refractivity contribution in [3.8, 4) is 11.5 Å². The van der Waals surface area contributed by atoms with E-state index in [1.807, 2.05) is 0 Å². The molecule has 1 aromatic heterocycles. The van der Waals surface area contributed by atoms with E-state index in [0.717, 1.165) is 0 Å². The first-order chi connectivity index (χ1) is 15.3. The van der Waals surface area contributed by atoms with Gasteiger partial charge in [-0.15, -0.1) is 10.2 Å². The lowest BCUT2D eigenvalue weighted by atomic mass is 10.1. The Hall–Kier alpha value is -3.17. The van der Waals surface area contributed by atoms with E-state index in [1.165, 1.54) is 11.3 Å². The van der Waals surface area contributed by atoms with E-state index < -0.39 is 5.60 Å². The van der Waals surface area contributed by atoms with Gasteiger partial charge in [0.25, 0.3) is 11.8 Å². The standard InChI is InChI=1S/C22H23ClN4O4S/c1-22(2,31-16-9-7-15(23)8-10-16)20(29)25-21-27-26-18(32-21)11-12-24-19(28)14-5-4-6-17(13-14)30-3/h4-10,13H,11-12H2,1-3H3,(H,24,28)(H,25,27,29). The van der Waals surface area contributed by atoms with Crippen LogP contribution in [0.25, 0.3) is 0 Å². The molecular weight excluding hydrogens is 452 g/mol. The number of hydrogen-bond acceptors (Lipinski definition) is 7. The summed E-state index contributed by atoms with van der Waals surface area (Å²) in [5, 5.41) is 15.3. The molecule has 2 aromatic carbocycles. The van der Waals surface area contributed by atoms with Crippen LogP contribution in [-0.2, 0) is 11.2 Å². The molecule has 2 amide bonds. The van der Waals surface area contributed by atoms with Gasteiger partial charge in [-0.2, -0.15) is 0 Å². The van der Waals surface area contributed by atoms with E-state index in [1.54, 1.807) is 69.5 Å². The number of hydrogen-bond donors (Lipinski definition) is 2. The van der Waals surface area contributed by atoms with Crippen molar-refractivity contribution in [3.05, 3.63) is 64.1 Å². The molecule has 0 spiro atoms. The SMILES string of the molecule is COc1cccc(C(=O)NCCc2nnc(NC(=O)C(C)(C)Oc3ccc(Cl)cc3)s2)c1. The second-order valence-electron chi connectivity index (χ2n) is 7.26. The van der Waals surface area contributed by atoms with Crippen LogP contribution in [0, 0.1) is 0 Å². The minimum Gasteiger partial charge on any atom is -0.497 e. The highest BCUT2D eigenvalue weighted by molar-refractivity contribution is 7.15. The van der Waals surface area contributed by atoms with E-state index in [4.69, 9.17) is 21.1 Å². The zero-order chi connectivity index (χ0) is 23.1. The van der Waals surface area contributed by atoms with E-state index in [9.17, 15) is 9.59 Å². The zero-order valence-electron chi connectivity index (χ0n) is 17.8. The first-order valence-electron chi connectivity index (χ1n) is 9.77. The summed E-state index contributed by atoms with van der Waals surface area (Å²) < 4.78 is 10.9. The number of halogens is 1. The number of rotatable bonds is 9. The number of methoxy groups -OCH3 is 1. The van der Waals surface area contributed by atoms with Crippen LogP contribution in [0.3, 0.4) is 0 Å². The van der Waals surface area contributed by atoms with Crippen LogP contribution in [0.2, 0.25) is 5.02 Å². The van der Waals surface area contributed by atoms with Crippen molar-refractivity contribution < 1.29 is 19.1 Å². The molecule has 0 bridgehead atoms. The molecule has 3 rings (SSSR count). The van der Waals surface area contributed by atoms with Gasteiger partial charge in [-0.1, -0.05) is 29.0 Å². The maximum Gasteiger partial charge on any atom is 0.269 e. The third-order valence-electron chi connectivity index (χ3n) is 4.38. The Morgan fingerprint density at radius 2 is 1.84 bits per heavy atom. The highest BCUT2D eigenvalue weighted by Gasteiger charge is 2.31. The Balaban J connectivity index is 1.50. The van der Waals surface area contributed by atoms with Crippen molar-refractivity contribution in [3.63, 3.8) is 0 Å². The summed E-state index contributed by atoms with van der Waals surface area (Å²) in [7, 11) is 1.55. The number of nitrogens with zero attached hydrogens (tertiary/aromatic N) is 2. The maximum absolute atomic E-state index is 12.6. The van der Waals surface area contributed by atoms with Gasteiger partial charge in [-0.25, -0.2) is 0 Å². The summed E-state index contributed by atoms with van der Waals surface area (Å²) in [5.41, 5.74) is -0.623. The van der Waals surface area contributed by atoms with Crippen molar-refractivity contribution in [2.75, 3.05) is 19.0 Å². The number of carbonyl (C=O) groups excluding carboxylic acids is 2. The number of benzene rings is 2. The van der Waals surface area contributed by atoms with Crippen LogP contribution in [0.1, 0.15) is 29.2 Å². The molecule has 3 aromatic rings. The normalized spacial score (nSPS) is 11.0. The van der Waals surface area contributed by atoms with Gasteiger partial charge in [0, 0.05) is 23.6 Å². The zero-order valence-corrected chi connectivity index (χ0v) is 19.4. The Labute approximate surface area is 194 Å². The Bertz CT molecular complexity index is 1090. The van der Waals surface area contributed by atoms with Crippen LogP contribution in [-0.4, -0.2) is 41.3 Å². The summed E-state index contributed by atoms with van der Waals surface area (Å²) in [4.78, 5) is 24.9. The van der Waals surface area contributed by atoms with Crippen LogP contribution in [0.5, 0.6) is 11.5 Å². The molecule has 10 heteroatoms. The van der Waals surface area contributed by atoms with E-state index >= 15 is 0 Å². The molecule has 0 saturated heterocycles. The second-order valence-corrected chi connectivity index (χ2v) is 8.76. The summed E-state index contributed by atoms with van der Waals surface area (Å²) >= 11 is 7.12. The molecule has 0 radical (unpaired) electrons. The monoisotopic (exact) mass is 474 g/mol. The highest BCUT2D eigenvalue weighted by Crippen LogP contribution is 2.23. The van der Waals surface area contributed by atoms with Crippen molar-refractivity contribution in [1.29, 1.82) is 0 Å². The van der Waals surface area contributed by atoms with Crippen molar-refractivity contribution >= 4 is 39.9 Å². The molecule has 0 aliphatic carbocycles. The van der Waals surface area contributed by atoms with E-state index in [-0.39, 0.29) is 11.8 Å². The molecule has 8 nitrogen and oxygen atoms in total. The number of amides is 2. The summed E-state index contributed by atoms with van der Waals surface area (Å²) in [6.45, 7) is 3.70. The minimum absolute atomic E-state index is 0.206. The second kappa shape index (κ2) is 10.4. The summed E-state index contributed by atoms with van der Waals surface area (Å²) in [6, 6.07) is 13.7. The quantitative estimate of drug-likeness (QED) is 0.486. The lowest BCUT2D eigenvalue weighted by molar-refractivity contribution is -0.128. The Morgan fingerprint density at radius 1 is 1.09 bits per heavy atom. The lowest BCUT2D eigenvalue weighted by Crippen LogP contribution is -2.42. The molecule has 0 atom stereocenters. The average molecular weight is 475 g/mol. The van der Waals surface area contributed by atoms with Gasteiger partial charge in [-0.3, -0.25) is 14.9 Å². The van der Waals surface area contributed by atoms with Crippen LogP contribution in [0.15, 0.2) is 48.5 Å². The molecule has 0 aliphatic rings. The predicted molar refractivity (Wildman–Crippen MR) is 124 cm³/mol. The van der Waals surface area contributed by atoms with Crippen LogP contribution < -0.4 is 20.1 Å². The van der Waals surface area contributed by atoms with Gasteiger partial charge in [0.2, 0.25) is 5.13 Å². The Kier molecular flexibility index (Phi) is 7.66. The molecular formula is C22H23ClN4O4S. The fourth-order valence-corrected chi connectivity index (χ4v) is 3.51. The smallest absolute Gasteiger partial charge is 0.269 e. The van der Waals surface area contributed by atoms with Crippen LogP contribution >= 0.6 is 22.9 Å². The number of nitrogens with one attached hydrogen (secondary N) is 2. The molecule has 0 unspecified atom stereocenters. The number of carbonyl (C=O) groups is 2. The molecule has 0 saturated carbocycles. The first-order valence-corrected chi connectivity index (χ1v) is 11.0. The fourth-order valence-electron chi connectivity index (χ4n) is 2.65. The van der Waals surface area contributed by atoms with Crippen molar-refractivity contribution in [1.82, 2.24) is 15.5 Å². The molecule has 2 N–H and O–H groups in total. The predicted octanol–water partition coefficient (Wildman–Crippen LogP) is 3.97. The van der Waals surface area contributed by atoms with Gasteiger partial charge in [0.05, 0.1) is 7.11 Å². The van der Waals surface area contributed by atoms with Gasteiger partial charge in [0.1, 0.15) is 16.5 Å². The van der Waals surface area contributed by atoms with Gasteiger partial charge in [-0.05, 0) is 56.3 Å². The van der Waals surface area contributed by atoms with Gasteiger partial charge >= 0.3 is 0 Å². The molecule has 0 aliphatic heterocycles.